The Bertz CT molecular complexity index is 888. The molecule has 0 spiro atoms. The van der Waals surface area contributed by atoms with Crippen LogP contribution in [-0.4, -0.2) is 38.9 Å². The zero-order valence-corrected chi connectivity index (χ0v) is 14.2. The average molecular weight is 336 g/mol. The van der Waals surface area contributed by atoms with E-state index in [9.17, 15) is 4.79 Å². The van der Waals surface area contributed by atoms with Crippen LogP contribution in [0.5, 0.6) is 0 Å². The molecule has 1 aromatic heterocycles. The Labute approximate surface area is 146 Å². The van der Waals surface area contributed by atoms with Gasteiger partial charge in [-0.2, -0.15) is 0 Å². The van der Waals surface area contributed by atoms with E-state index in [1.807, 2.05) is 62.4 Å². The first-order chi connectivity index (χ1) is 12.1. The summed E-state index contributed by atoms with van der Waals surface area (Å²) >= 11 is 0. The van der Waals surface area contributed by atoms with Crippen molar-refractivity contribution in [2.45, 2.75) is 13.8 Å². The minimum absolute atomic E-state index is 0.0770. The van der Waals surface area contributed by atoms with Gasteiger partial charge in [0.2, 0.25) is 5.82 Å². The minimum atomic E-state index is -0.407. The molecular weight excluding hydrogens is 316 g/mol. The topological polar surface area (TPSA) is 80.0 Å². The van der Waals surface area contributed by atoms with Crippen molar-refractivity contribution >= 4 is 5.91 Å². The number of aromatic nitrogens is 3. The van der Waals surface area contributed by atoms with Gasteiger partial charge in [0.25, 0.3) is 5.91 Å². The van der Waals surface area contributed by atoms with Crippen molar-refractivity contribution in [2.75, 3.05) is 13.2 Å². The van der Waals surface area contributed by atoms with Gasteiger partial charge in [0.05, 0.1) is 12.3 Å². The summed E-state index contributed by atoms with van der Waals surface area (Å²) in [5.41, 5.74) is 3.89. The van der Waals surface area contributed by atoms with Crippen LogP contribution in [0.15, 0.2) is 48.5 Å². The SMILES string of the molecule is Cc1ccc(C)c(-n2nc(C(=O)NCCO)nc2-c2ccccc2)c1. The second-order valence-electron chi connectivity index (χ2n) is 5.81. The van der Waals surface area contributed by atoms with Gasteiger partial charge in [-0.3, -0.25) is 4.79 Å². The Balaban J connectivity index is 2.14. The fourth-order valence-corrected chi connectivity index (χ4v) is 2.55. The van der Waals surface area contributed by atoms with Crippen molar-refractivity contribution in [1.29, 1.82) is 0 Å². The standard InChI is InChI=1S/C19H20N4O2/c1-13-8-9-14(2)16(12-13)23-18(15-6-4-3-5-7-15)21-17(22-23)19(25)20-10-11-24/h3-9,12,24H,10-11H2,1-2H3,(H,20,25). The molecule has 25 heavy (non-hydrogen) atoms. The molecule has 0 aliphatic heterocycles. The molecule has 0 fully saturated rings. The van der Waals surface area contributed by atoms with Crippen LogP contribution in [0.4, 0.5) is 0 Å². The van der Waals surface area contributed by atoms with Crippen LogP contribution in [-0.2, 0) is 0 Å². The average Bonchev–Trinajstić information content (AvgIpc) is 3.07. The maximum absolute atomic E-state index is 12.2. The summed E-state index contributed by atoms with van der Waals surface area (Å²) in [5, 5.41) is 15.9. The normalized spacial score (nSPS) is 10.7. The summed E-state index contributed by atoms with van der Waals surface area (Å²) in [6.07, 6.45) is 0. The van der Waals surface area contributed by atoms with E-state index >= 15 is 0 Å². The molecule has 0 atom stereocenters. The Hall–Kier alpha value is -2.99. The molecular formula is C19H20N4O2. The predicted octanol–water partition coefficient (Wildman–Crippen LogP) is 2.27. The summed E-state index contributed by atoms with van der Waals surface area (Å²) < 4.78 is 1.70. The van der Waals surface area contributed by atoms with E-state index in [2.05, 4.69) is 15.4 Å². The molecule has 3 aromatic rings. The summed E-state index contributed by atoms with van der Waals surface area (Å²) in [7, 11) is 0. The number of rotatable bonds is 5. The van der Waals surface area contributed by atoms with E-state index in [1.54, 1.807) is 4.68 Å². The molecule has 0 aliphatic rings. The molecule has 128 valence electrons. The van der Waals surface area contributed by atoms with Crippen molar-refractivity contribution in [3.63, 3.8) is 0 Å². The highest BCUT2D eigenvalue weighted by Crippen LogP contribution is 2.23. The quantitative estimate of drug-likeness (QED) is 0.749. The monoisotopic (exact) mass is 336 g/mol. The largest absolute Gasteiger partial charge is 0.395 e. The molecule has 3 rings (SSSR count). The number of hydrogen-bond acceptors (Lipinski definition) is 4. The van der Waals surface area contributed by atoms with Crippen molar-refractivity contribution in [3.05, 3.63) is 65.5 Å². The number of aliphatic hydroxyl groups excluding tert-OH is 1. The number of hydrogen-bond donors (Lipinski definition) is 2. The maximum atomic E-state index is 12.2. The lowest BCUT2D eigenvalue weighted by atomic mass is 10.1. The van der Waals surface area contributed by atoms with Gasteiger partial charge in [-0.05, 0) is 31.0 Å². The van der Waals surface area contributed by atoms with E-state index in [4.69, 9.17) is 5.11 Å². The van der Waals surface area contributed by atoms with Crippen molar-refractivity contribution in [3.8, 4) is 17.1 Å². The van der Waals surface area contributed by atoms with Crippen LogP contribution < -0.4 is 5.32 Å². The molecule has 1 heterocycles. The molecule has 0 unspecified atom stereocenters. The maximum Gasteiger partial charge on any atom is 0.291 e. The first kappa shape index (κ1) is 16.9. The molecule has 0 bridgehead atoms. The highest BCUT2D eigenvalue weighted by Gasteiger charge is 2.19. The Morgan fingerprint density at radius 2 is 1.92 bits per heavy atom. The second-order valence-corrected chi connectivity index (χ2v) is 5.81. The molecule has 1 amide bonds. The third-order valence-electron chi connectivity index (χ3n) is 3.83. The first-order valence-corrected chi connectivity index (χ1v) is 8.09. The van der Waals surface area contributed by atoms with Gasteiger partial charge in [-0.15, -0.1) is 5.10 Å². The zero-order valence-electron chi connectivity index (χ0n) is 14.2. The third-order valence-corrected chi connectivity index (χ3v) is 3.83. The van der Waals surface area contributed by atoms with Gasteiger partial charge < -0.3 is 10.4 Å². The van der Waals surface area contributed by atoms with Crippen LogP contribution >= 0.6 is 0 Å². The molecule has 2 N–H and O–H groups in total. The summed E-state index contributed by atoms with van der Waals surface area (Å²) in [6, 6.07) is 15.7. The number of aryl methyl sites for hydroxylation is 2. The van der Waals surface area contributed by atoms with Crippen molar-refractivity contribution < 1.29 is 9.90 Å². The van der Waals surface area contributed by atoms with Gasteiger partial charge in [-0.25, -0.2) is 9.67 Å². The van der Waals surface area contributed by atoms with Crippen LogP contribution in [0.2, 0.25) is 0 Å². The Kier molecular flexibility index (Phi) is 4.90. The highest BCUT2D eigenvalue weighted by molar-refractivity contribution is 5.91. The molecule has 0 saturated carbocycles. The molecule has 0 aliphatic carbocycles. The molecule has 6 nitrogen and oxygen atoms in total. The van der Waals surface area contributed by atoms with E-state index in [-0.39, 0.29) is 19.0 Å². The van der Waals surface area contributed by atoms with Crippen LogP contribution in [0, 0.1) is 13.8 Å². The van der Waals surface area contributed by atoms with Gasteiger partial charge in [-0.1, -0.05) is 42.5 Å². The van der Waals surface area contributed by atoms with Gasteiger partial charge in [0.15, 0.2) is 5.82 Å². The summed E-state index contributed by atoms with van der Waals surface area (Å²) in [5.74, 6) is 0.270. The van der Waals surface area contributed by atoms with E-state index in [1.165, 1.54) is 0 Å². The third kappa shape index (κ3) is 3.59. The fourth-order valence-electron chi connectivity index (χ4n) is 2.55. The number of carbonyl (C=O) groups is 1. The van der Waals surface area contributed by atoms with Crippen LogP contribution in [0.25, 0.3) is 17.1 Å². The number of amides is 1. The fraction of sp³-hybridized carbons (Fsp3) is 0.211. The lowest BCUT2D eigenvalue weighted by Crippen LogP contribution is -2.27. The molecule has 2 aromatic carbocycles. The second kappa shape index (κ2) is 7.27. The smallest absolute Gasteiger partial charge is 0.291 e. The van der Waals surface area contributed by atoms with E-state index < -0.39 is 5.91 Å². The zero-order chi connectivity index (χ0) is 17.8. The Morgan fingerprint density at radius 3 is 2.64 bits per heavy atom. The van der Waals surface area contributed by atoms with Gasteiger partial charge in [0, 0.05) is 12.1 Å². The van der Waals surface area contributed by atoms with Gasteiger partial charge >= 0.3 is 0 Å². The minimum Gasteiger partial charge on any atom is -0.395 e. The lowest BCUT2D eigenvalue weighted by molar-refractivity contribution is 0.0934. The van der Waals surface area contributed by atoms with Crippen LogP contribution in [0.3, 0.4) is 0 Å². The molecule has 0 radical (unpaired) electrons. The molecule has 0 saturated heterocycles. The number of benzene rings is 2. The lowest BCUT2D eigenvalue weighted by Gasteiger charge is -2.10. The highest BCUT2D eigenvalue weighted by atomic mass is 16.3. The van der Waals surface area contributed by atoms with E-state index in [0.29, 0.717) is 5.82 Å². The van der Waals surface area contributed by atoms with E-state index in [0.717, 1.165) is 22.4 Å². The molecule has 6 heteroatoms. The number of nitrogens with one attached hydrogen (secondary N) is 1. The Morgan fingerprint density at radius 1 is 1.16 bits per heavy atom. The first-order valence-electron chi connectivity index (χ1n) is 8.09. The summed E-state index contributed by atoms with van der Waals surface area (Å²) in [6.45, 7) is 4.04. The van der Waals surface area contributed by atoms with Crippen molar-refractivity contribution in [2.24, 2.45) is 0 Å². The van der Waals surface area contributed by atoms with Crippen LogP contribution in [0.1, 0.15) is 21.7 Å². The summed E-state index contributed by atoms with van der Waals surface area (Å²) in [4.78, 5) is 16.7. The van der Waals surface area contributed by atoms with Crippen molar-refractivity contribution in [1.82, 2.24) is 20.1 Å². The number of carbonyl (C=O) groups excluding carboxylic acids is 1. The number of nitrogens with zero attached hydrogens (tertiary/aromatic N) is 3. The number of aliphatic hydroxyl groups is 1. The predicted molar refractivity (Wildman–Crippen MR) is 95.7 cm³/mol. The van der Waals surface area contributed by atoms with Gasteiger partial charge in [0.1, 0.15) is 0 Å².